The standard InChI is InChI=1S/C46H52N4O7/c1-10-34(26-27-35(11-2)56-31(6)51)46(8,13-4)29-45(7,12-3)30-55-42(52)38-20-17-21-39-40(38)50(43(47-39)54-14-5)28-32-22-24-33(25-23-32)36-18-15-16-19-37(36)41-48-57-44(53)49(41)9/h10-11,15-27H,1-2,12-14,28-30H2,3-9H3/b34-26+,35-27+. The Kier molecular flexibility index (Phi) is 13.3. The third-order valence-corrected chi connectivity index (χ3v) is 10.6. The van der Waals surface area contributed by atoms with Crippen LogP contribution >= 0.6 is 0 Å². The molecule has 0 saturated heterocycles. The van der Waals surface area contributed by atoms with Crippen LogP contribution in [0.5, 0.6) is 6.01 Å². The van der Waals surface area contributed by atoms with Crippen LogP contribution in [0.2, 0.25) is 0 Å². The third-order valence-electron chi connectivity index (χ3n) is 10.6. The van der Waals surface area contributed by atoms with Crippen molar-refractivity contribution < 1.29 is 28.3 Å². The van der Waals surface area contributed by atoms with Gasteiger partial charge in [-0.25, -0.2) is 9.59 Å². The highest BCUT2D eigenvalue weighted by atomic mass is 16.5. The Morgan fingerprint density at radius 1 is 0.912 bits per heavy atom. The summed E-state index contributed by atoms with van der Waals surface area (Å²) in [5, 5.41) is 3.99. The molecule has 2 atom stereocenters. The van der Waals surface area contributed by atoms with Crippen molar-refractivity contribution in [2.45, 2.75) is 67.3 Å². The zero-order valence-electron chi connectivity index (χ0n) is 34.0. The van der Waals surface area contributed by atoms with Gasteiger partial charge in [-0.3, -0.25) is 18.5 Å². The third kappa shape index (κ3) is 9.43. The Morgan fingerprint density at radius 2 is 1.63 bits per heavy atom. The first-order valence-corrected chi connectivity index (χ1v) is 19.2. The van der Waals surface area contributed by atoms with Gasteiger partial charge >= 0.3 is 17.7 Å². The normalized spacial score (nSPS) is 14.1. The summed E-state index contributed by atoms with van der Waals surface area (Å²) < 4.78 is 25.6. The first kappa shape index (κ1) is 41.9. The minimum Gasteiger partial charge on any atom is -0.465 e. The van der Waals surface area contributed by atoms with E-state index in [-0.39, 0.29) is 17.4 Å². The van der Waals surface area contributed by atoms with E-state index in [1.165, 1.54) is 17.6 Å². The summed E-state index contributed by atoms with van der Waals surface area (Å²) in [6, 6.07) is 21.6. The van der Waals surface area contributed by atoms with Gasteiger partial charge < -0.3 is 14.2 Å². The zero-order valence-corrected chi connectivity index (χ0v) is 34.0. The van der Waals surface area contributed by atoms with Gasteiger partial charge in [0.15, 0.2) is 5.82 Å². The maximum atomic E-state index is 14.1. The smallest absolute Gasteiger partial charge is 0.441 e. The number of allylic oxidation sites excluding steroid dienone is 5. The van der Waals surface area contributed by atoms with Crippen molar-refractivity contribution in [1.82, 2.24) is 19.3 Å². The molecule has 298 valence electrons. The molecular weight excluding hydrogens is 721 g/mol. The van der Waals surface area contributed by atoms with E-state index < -0.39 is 17.7 Å². The molecule has 0 spiro atoms. The van der Waals surface area contributed by atoms with E-state index >= 15 is 0 Å². The molecule has 0 radical (unpaired) electrons. The summed E-state index contributed by atoms with van der Waals surface area (Å²) in [5.74, 6) is -0.609. The van der Waals surface area contributed by atoms with Gasteiger partial charge in [-0.05, 0) is 78.1 Å². The number of aromatic nitrogens is 4. The summed E-state index contributed by atoms with van der Waals surface area (Å²) >= 11 is 0. The highest BCUT2D eigenvalue weighted by molar-refractivity contribution is 6.02. The molecule has 0 amide bonds. The lowest BCUT2D eigenvalue weighted by Crippen LogP contribution is -2.33. The Hall–Kier alpha value is -6.23. The number of rotatable bonds is 18. The summed E-state index contributed by atoms with van der Waals surface area (Å²) in [7, 11) is 1.63. The number of hydrogen-bond donors (Lipinski definition) is 0. The fourth-order valence-electron chi connectivity index (χ4n) is 7.10. The fraction of sp³-hybridized carbons (Fsp3) is 0.326. The lowest BCUT2D eigenvalue weighted by Gasteiger charge is -2.39. The van der Waals surface area contributed by atoms with Gasteiger partial charge in [0.2, 0.25) is 0 Å². The van der Waals surface area contributed by atoms with E-state index in [1.807, 2.05) is 78.2 Å². The van der Waals surface area contributed by atoms with Crippen molar-refractivity contribution in [2.75, 3.05) is 13.2 Å². The second-order valence-electron chi connectivity index (χ2n) is 14.7. The maximum Gasteiger partial charge on any atom is 0.441 e. The van der Waals surface area contributed by atoms with E-state index in [9.17, 15) is 14.4 Å². The predicted octanol–water partition coefficient (Wildman–Crippen LogP) is 9.63. The molecule has 3 aromatic carbocycles. The van der Waals surface area contributed by atoms with Crippen LogP contribution in [0.3, 0.4) is 0 Å². The molecule has 57 heavy (non-hydrogen) atoms. The molecule has 0 fully saturated rings. The van der Waals surface area contributed by atoms with Crippen LogP contribution in [-0.4, -0.2) is 44.4 Å². The monoisotopic (exact) mass is 772 g/mol. The van der Waals surface area contributed by atoms with E-state index in [1.54, 1.807) is 25.3 Å². The number of carbonyl (C=O) groups is 2. The molecule has 0 saturated carbocycles. The number of esters is 2. The molecule has 2 aromatic heterocycles. The number of fused-ring (bicyclic) bond motifs is 1. The Bertz CT molecular complexity index is 2380. The van der Waals surface area contributed by atoms with Crippen molar-refractivity contribution in [1.29, 1.82) is 0 Å². The van der Waals surface area contributed by atoms with Gasteiger partial charge in [-0.15, -0.1) is 0 Å². The molecule has 0 aliphatic carbocycles. The molecule has 11 heteroatoms. The minimum absolute atomic E-state index is 0.192. The van der Waals surface area contributed by atoms with Crippen LogP contribution in [0.4, 0.5) is 0 Å². The van der Waals surface area contributed by atoms with Crippen molar-refractivity contribution >= 4 is 23.0 Å². The molecule has 5 rings (SSSR count). The topological polar surface area (TPSA) is 128 Å². The summed E-state index contributed by atoms with van der Waals surface area (Å²) in [5.41, 5.74) is 5.47. The molecule has 2 heterocycles. The van der Waals surface area contributed by atoms with Gasteiger partial charge in [0, 0.05) is 24.9 Å². The molecule has 0 bridgehead atoms. The van der Waals surface area contributed by atoms with E-state index in [2.05, 4.69) is 46.0 Å². The maximum absolute atomic E-state index is 14.1. The van der Waals surface area contributed by atoms with Crippen LogP contribution in [0.15, 0.2) is 125 Å². The molecule has 0 aliphatic rings. The molecule has 2 unspecified atom stereocenters. The minimum atomic E-state index is -0.531. The Labute approximate surface area is 334 Å². The Morgan fingerprint density at radius 3 is 2.23 bits per heavy atom. The molecule has 0 N–H and O–H groups in total. The van der Waals surface area contributed by atoms with Crippen molar-refractivity contribution in [3.8, 4) is 28.5 Å². The van der Waals surface area contributed by atoms with E-state index in [4.69, 9.17) is 23.7 Å². The first-order chi connectivity index (χ1) is 27.3. The van der Waals surface area contributed by atoms with E-state index in [0.29, 0.717) is 53.8 Å². The van der Waals surface area contributed by atoms with Crippen LogP contribution in [0.1, 0.15) is 76.7 Å². The highest BCUT2D eigenvalue weighted by Gasteiger charge is 2.36. The van der Waals surface area contributed by atoms with Gasteiger partial charge in [0.1, 0.15) is 5.76 Å². The largest absolute Gasteiger partial charge is 0.465 e. The molecule has 11 nitrogen and oxygen atoms in total. The number of imidazole rings is 1. The number of hydrogen-bond acceptors (Lipinski definition) is 9. The summed E-state index contributed by atoms with van der Waals surface area (Å²) in [6.45, 7) is 20.6. The average Bonchev–Trinajstić information content (AvgIpc) is 3.74. The lowest BCUT2D eigenvalue weighted by molar-refractivity contribution is -0.136. The quantitative estimate of drug-likeness (QED) is 0.0486. The van der Waals surface area contributed by atoms with Crippen molar-refractivity contribution in [2.24, 2.45) is 17.9 Å². The first-order valence-electron chi connectivity index (χ1n) is 19.2. The van der Waals surface area contributed by atoms with Gasteiger partial charge in [0.25, 0.3) is 6.01 Å². The number of ether oxygens (including phenoxy) is 3. The van der Waals surface area contributed by atoms with Gasteiger partial charge in [0.05, 0.1) is 36.4 Å². The Balaban J connectivity index is 1.41. The lowest BCUT2D eigenvalue weighted by atomic mass is 9.67. The van der Waals surface area contributed by atoms with Crippen LogP contribution in [0, 0.1) is 10.8 Å². The van der Waals surface area contributed by atoms with Crippen LogP contribution in [-0.2, 0) is 27.9 Å². The van der Waals surface area contributed by atoms with Gasteiger partial charge in [-0.2, -0.15) is 4.98 Å². The molecular formula is C46H52N4O7. The predicted molar refractivity (Wildman–Crippen MR) is 223 cm³/mol. The number of benzene rings is 3. The van der Waals surface area contributed by atoms with Crippen LogP contribution < -0.4 is 10.5 Å². The number of nitrogens with zero attached hydrogens (tertiary/aromatic N) is 4. The average molecular weight is 773 g/mol. The number of carbonyl (C=O) groups excluding carboxylic acids is 2. The van der Waals surface area contributed by atoms with E-state index in [0.717, 1.165) is 40.7 Å². The second-order valence-corrected chi connectivity index (χ2v) is 14.7. The number of para-hydroxylation sites is 1. The fourth-order valence-corrected chi connectivity index (χ4v) is 7.10. The zero-order chi connectivity index (χ0) is 41.3. The summed E-state index contributed by atoms with van der Waals surface area (Å²) in [6.07, 6.45) is 9.21. The van der Waals surface area contributed by atoms with Crippen molar-refractivity contribution in [3.63, 3.8) is 0 Å². The molecule has 5 aromatic rings. The van der Waals surface area contributed by atoms with Crippen LogP contribution in [0.25, 0.3) is 33.5 Å². The molecule has 0 aliphatic heterocycles. The SMILES string of the molecule is C=C/C(=C\C=C(/C=C)C(C)(CC)CC(C)(CC)COC(=O)c1cccc2nc(OCC)n(Cc3ccc(-c4ccccc4-c4noc(=O)n4C)cc3)c12)OC(C)=O. The summed E-state index contributed by atoms with van der Waals surface area (Å²) in [4.78, 5) is 42.4. The highest BCUT2D eigenvalue weighted by Crippen LogP contribution is 2.45. The van der Waals surface area contributed by atoms with Gasteiger partial charge in [-0.1, -0.05) is 113 Å². The van der Waals surface area contributed by atoms with Crippen molar-refractivity contribution in [3.05, 3.63) is 137 Å². The second kappa shape index (κ2) is 18.1.